The van der Waals surface area contributed by atoms with Gasteiger partial charge in [0.05, 0.1) is 6.54 Å². The maximum Gasteiger partial charge on any atom is 0.146 e. The van der Waals surface area contributed by atoms with E-state index in [-0.39, 0.29) is 0 Å². The van der Waals surface area contributed by atoms with Crippen molar-refractivity contribution in [2.45, 2.75) is 32.4 Å². The molecule has 2 heterocycles. The summed E-state index contributed by atoms with van der Waals surface area (Å²) in [6, 6.07) is 0.633. The molecule has 1 aromatic heterocycles. The Hall–Kier alpha value is -0.940. The fourth-order valence-electron chi connectivity index (χ4n) is 2.05. The van der Waals surface area contributed by atoms with Gasteiger partial charge in [0.25, 0.3) is 0 Å². The molecule has 0 bridgehead atoms. The molecule has 90 valence electrons. The van der Waals surface area contributed by atoms with Gasteiger partial charge in [-0.1, -0.05) is 0 Å². The van der Waals surface area contributed by atoms with Crippen molar-refractivity contribution in [3.63, 3.8) is 0 Å². The van der Waals surface area contributed by atoms with E-state index in [4.69, 9.17) is 0 Å². The summed E-state index contributed by atoms with van der Waals surface area (Å²) < 4.78 is 2.04. The van der Waals surface area contributed by atoms with Crippen LogP contribution in [0, 0.1) is 6.92 Å². The molecular weight excluding hydrogens is 202 g/mol. The average molecular weight is 223 g/mol. The van der Waals surface area contributed by atoms with Gasteiger partial charge >= 0.3 is 0 Å². The summed E-state index contributed by atoms with van der Waals surface area (Å²) in [5.41, 5.74) is 0. The van der Waals surface area contributed by atoms with E-state index in [1.165, 1.54) is 25.9 Å². The zero-order valence-corrected chi connectivity index (χ0v) is 10.4. The largest absolute Gasteiger partial charge is 0.317 e. The molecule has 0 saturated carbocycles. The molecule has 16 heavy (non-hydrogen) atoms. The summed E-state index contributed by atoms with van der Waals surface area (Å²) in [6.45, 7) is 5.18. The third-order valence-corrected chi connectivity index (χ3v) is 3.45. The number of hydrogen-bond donors (Lipinski definition) is 1. The number of rotatable bonds is 3. The van der Waals surface area contributed by atoms with Crippen molar-refractivity contribution in [2.24, 2.45) is 7.05 Å². The highest BCUT2D eigenvalue weighted by Gasteiger charge is 2.16. The van der Waals surface area contributed by atoms with Crippen LogP contribution >= 0.6 is 0 Å². The lowest BCUT2D eigenvalue weighted by atomic mass is 10.1. The molecule has 1 saturated heterocycles. The van der Waals surface area contributed by atoms with Gasteiger partial charge in [0.2, 0.25) is 0 Å². The Morgan fingerprint density at radius 1 is 1.25 bits per heavy atom. The van der Waals surface area contributed by atoms with Gasteiger partial charge in [0.15, 0.2) is 0 Å². The highest BCUT2D eigenvalue weighted by atomic mass is 15.3. The van der Waals surface area contributed by atoms with E-state index in [0.29, 0.717) is 6.04 Å². The van der Waals surface area contributed by atoms with Crippen molar-refractivity contribution < 1.29 is 0 Å². The molecule has 0 aliphatic carbocycles. The van der Waals surface area contributed by atoms with Crippen molar-refractivity contribution in [2.75, 3.05) is 20.1 Å². The minimum atomic E-state index is 0.633. The van der Waals surface area contributed by atoms with Crippen molar-refractivity contribution in [1.29, 1.82) is 0 Å². The summed E-state index contributed by atoms with van der Waals surface area (Å²) in [4.78, 5) is 2.38. The number of aryl methyl sites for hydroxylation is 1. The summed E-state index contributed by atoms with van der Waals surface area (Å²) in [5.74, 6) is 2.00. The van der Waals surface area contributed by atoms with Crippen LogP contribution in [0.25, 0.3) is 0 Å². The quantitative estimate of drug-likeness (QED) is 0.801. The fraction of sp³-hybridized carbons (Fsp3) is 0.818. The molecule has 1 N–H and O–H groups in total. The number of nitrogens with zero attached hydrogens (tertiary/aromatic N) is 4. The molecule has 0 radical (unpaired) electrons. The Morgan fingerprint density at radius 3 is 2.50 bits per heavy atom. The van der Waals surface area contributed by atoms with Gasteiger partial charge in [0.1, 0.15) is 11.6 Å². The van der Waals surface area contributed by atoms with E-state index in [1.54, 1.807) is 0 Å². The van der Waals surface area contributed by atoms with E-state index in [0.717, 1.165) is 18.2 Å². The molecule has 1 aliphatic heterocycles. The van der Waals surface area contributed by atoms with Gasteiger partial charge < -0.3 is 14.8 Å². The van der Waals surface area contributed by atoms with E-state index < -0.39 is 0 Å². The molecule has 0 spiro atoms. The molecular formula is C11H21N5. The summed E-state index contributed by atoms with van der Waals surface area (Å²) in [5, 5.41) is 11.8. The monoisotopic (exact) mass is 223 g/mol. The van der Waals surface area contributed by atoms with Crippen LogP contribution in [0.1, 0.15) is 24.5 Å². The molecule has 2 rings (SSSR count). The van der Waals surface area contributed by atoms with Gasteiger partial charge in [-0.2, -0.15) is 0 Å². The zero-order chi connectivity index (χ0) is 11.5. The summed E-state index contributed by atoms with van der Waals surface area (Å²) >= 11 is 0. The first-order valence-corrected chi connectivity index (χ1v) is 5.93. The third kappa shape index (κ3) is 2.59. The second-order valence-electron chi connectivity index (χ2n) is 4.68. The second kappa shape index (κ2) is 4.93. The van der Waals surface area contributed by atoms with Crippen molar-refractivity contribution in [3.05, 3.63) is 11.6 Å². The van der Waals surface area contributed by atoms with E-state index in [1.807, 2.05) is 18.5 Å². The fourth-order valence-corrected chi connectivity index (χ4v) is 2.05. The first-order chi connectivity index (χ1) is 7.66. The van der Waals surface area contributed by atoms with Crippen LogP contribution in [-0.4, -0.2) is 45.8 Å². The normalized spacial score (nSPS) is 19.2. The zero-order valence-electron chi connectivity index (χ0n) is 10.4. The smallest absolute Gasteiger partial charge is 0.146 e. The average Bonchev–Trinajstić information content (AvgIpc) is 2.60. The van der Waals surface area contributed by atoms with Crippen LogP contribution in [0.5, 0.6) is 0 Å². The van der Waals surface area contributed by atoms with Crippen molar-refractivity contribution >= 4 is 0 Å². The van der Waals surface area contributed by atoms with Crippen molar-refractivity contribution in [3.8, 4) is 0 Å². The SMILES string of the molecule is Cc1nnc(CNC2CCN(C)CC2)n1C. The highest BCUT2D eigenvalue weighted by Crippen LogP contribution is 2.08. The first-order valence-electron chi connectivity index (χ1n) is 5.93. The van der Waals surface area contributed by atoms with Gasteiger partial charge in [-0.15, -0.1) is 10.2 Å². The first kappa shape index (κ1) is 11.5. The minimum absolute atomic E-state index is 0.633. The molecule has 1 fully saturated rings. The topological polar surface area (TPSA) is 46.0 Å². The highest BCUT2D eigenvalue weighted by molar-refractivity contribution is 4.92. The predicted octanol–water partition coefficient (Wildman–Crippen LogP) is 0.307. The van der Waals surface area contributed by atoms with Crippen LogP contribution < -0.4 is 5.32 Å². The maximum absolute atomic E-state index is 4.15. The lowest BCUT2D eigenvalue weighted by Crippen LogP contribution is -2.40. The van der Waals surface area contributed by atoms with Gasteiger partial charge in [0, 0.05) is 13.1 Å². The lowest BCUT2D eigenvalue weighted by molar-refractivity contribution is 0.233. The lowest BCUT2D eigenvalue weighted by Gasteiger charge is -2.29. The van der Waals surface area contributed by atoms with Gasteiger partial charge in [-0.3, -0.25) is 0 Å². The summed E-state index contributed by atoms with van der Waals surface area (Å²) in [6.07, 6.45) is 2.46. The maximum atomic E-state index is 4.15. The van der Waals surface area contributed by atoms with Crippen LogP contribution in [-0.2, 0) is 13.6 Å². The van der Waals surface area contributed by atoms with E-state index in [9.17, 15) is 0 Å². The molecule has 0 atom stereocenters. The molecule has 1 aliphatic rings. The molecule has 5 heteroatoms. The number of hydrogen-bond acceptors (Lipinski definition) is 4. The Bertz CT molecular complexity index is 338. The van der Waals surface area contributed by atoms with E-state index in [2.05, 4.69) is 27.5 Å². The Balaban J connectivity index is 1.81. The van der Waals surface area contributed by atoms with Crippen LogP contribution in [0.2, 0.25) is 0 Å². The molecule has 0 aromatic carbocycles. The number of aromatic nitrogens is 3. The molecule has 1 aromatic rings. The van der Waals surface area contributed by atoms with Gasteiger partial charge in [-0.05, 0) is 39.9 Å². The van der Waals surface area contributed by atoms with Gasteiger partial charge in [-0.25, -0.2) is 0 Å². The predicted molar refractivity (Wildman–Crippen MR) is 63.1 cm³/mol. The Morgan fingerprint density at radius 2 is 1.94 bits per heavy atom. The Labute approximate surface area is 96.8 Å². The van der Waals surface area contributed by atoms with Crippen LogP contribution in [0.15, 0.2) is 0 Å². The standard InChI is InChI=1S/C11H21N5/c1-9-13-14-11(16(9)3)8-12-10-4-6-15(2)7-5-10/h10,12H,4-8H2,1-3H3. The minimum Gasteiger partial charge on any atom is -0.317 e. The third-order valence-electron chi connectivity index (χ3n) is 3.45. The molecule has 0 unspecified atom stereocenters. The second-order valence-corrected chi connectivity index (χ2v) is 4.68. The van der Waals surface area contributed by atoms with Crippen molar-refractivity contribution in [1.82, 2.24) is 25.0 Å². The van der Waals surface area contributed by atoms with Crippen LogP contribution in [0.3, 0.4) is 0 Å². The summed E-state index contributed by atoms with van der Waals surface area (Å²) in [7, 11) is 4.20. The number of piperidine rings is 1. The van der Waals surface area contributed by atoms with Crippen LogP contribution in [0.4, 0.5) is 0 Å². The van der Waals surface area contributed by atoms with E-state index >= 15 is 0 Å². The molecule has 5 nitrogen and oxygen atoms in total. The number of likely N-dealkylation sites (tertiary alicyclic amines) is 1. The number of nitrogens with one attached hydrogen (secondary N) is 1. The molecule has 0 amide bonds. The Kier molecular flexibility index (Phi) is 3.56.